The number of rotatable bonds is 5. The second-order valence-electron chi connectivity index (χ2n) is 13.1. The molecule has 2 amide bonds. The molecule has 5 unspecified atom stereocenters. The lowest BCUT2D eigenvalue weighted by atomic mass is 9.43. The number of hydroxylamine groups is 2. The molecule has 0 spiro atoms. The van der Waals surface area contributed by atoms with E-state index in [9.17, 15) is 29.7 Å². The molecule has 4 aliphatic carbocycles. The van der Waals surface area contributed by atoms with Crippen molar-refractivity contribution in [2.24, 2.45) is 46.3 Å². The predicted molar refractivity (Wildman–Crippen MR) is 130 cm³/mol. The van der Waals surface area contributed by atoms with E-state index < -0.39 is 30.0 Å². The summed E-state index contributed by atoms with van der Waals surface area (Å²) < 4.78 is 0. The van der Waals surface area contributed by atoms with Crippen molar-refractivity contribution in [3.05, 3.63) is 0 Å². The maximum atomic E-state index is 12.4. The number of nitrogens with zero attached hydrogens (tertiary/aromatic N) is 1. The first-order valence-corrected chi connectivity index (χ1v) is 14.1. The zero-order chi connectivity index (χ0) is 26.0. The Labute approximate surface area is 213 Å². The largest absolute Gasteiger partial charge is 0.393 e. The summed E-state index contributed by atoms with van der Waals surface area (Å²) in [5, 5.41) is 33.9. The molecule has 8 heteroatoms. The molecule has 1 aliphatic heterocycles. The summed E-state index contributed by atoms with van der Waals surface area (Å²) >= 11 is 0. The minimum atomic E-state index is -0.574. The number of hydrogen-bond donors (Lipinski definition) is 3. The van der Waals surface area contributed by atoms with Crippen LogP contribution in [0.4, 0.5) is 0 Å². The first-order chi connectivity index (χ1) is 17.0. The Balaban J connectivity index is 1.27. The molecule has 202 valence electrons. The lowest BCUT2D eigenvalue weighted by Gasteiger charge is -2.63. The second kappa shape index (κ2) is 9.35. The van der Waals surface area contributed by atoms with E-state index in [2.05, 4.69) is 20.8 Å². The van der Waals surface area contributed by atoms with Gasteiger partial charge >= 0.3 is 5.97 Å². The fraction of sp³-hybridized carbons (Fsp3) is 0.893. The predicted octanol–water partition coefficient (Wildman–Crippen LogP) is 2.97. The molecule has 1 saturated heterocycles. The Morgan fingerprint density at radius 1 is 1.03 bits per heavy atom. The van der Waals surface area contributed by atoms with Gasteiger partial charge in [-0.15, -0.1) is 5.06 Å². The van der Waals surface area contributed by atoms with Crippen LogP contribution in [0.1, 0.15) is 91.4 Å². The minimum absolute atomic E-state index is 0.0450. The van der Waals surface area contributed by atoms with Gasteiger partial charge < -0.3 is 20.2 Å². The Morgan fingerprint density at radius 3 is 2.42 bits per heavy atom. The molecular formula is C28H43NO7. The van der Waals surface area contributed by atoms with Crippen LogP contribution in [0.3, 0.4) is 0 Å². The van der Waals surface area contributed by atoms with Gasteiger partial charge in [0.15, 0.2) is 0 Å². The highest BCUT2D eigenvalue weighted by atomic mass is 16.7. The van der Waals surface area contributed by atoms with Gasteiger partial charge in [-0.25, -0.2) is 4.79 Å². The third-order valence-corrected chi connectivity index (χ3v) is 11.5. The van der Waals surface area contributed by atoms with Crippen molar-refractivity contribution in [2.75, 3.05) is 0 Å². The van der Waals surface area contributed by atoms with Crippen LogP contribution in [0.2, 0.25) is 0 Å². The van der Waals surface area contributed by atoms with Crippen molar-refractivity contribution >= 4 is 17.8 Å². The van der Waals surface area contributed by atoms with Gasteiger partial charge in [-0.05, 0) is 97.7 Å². The highest BCUT2D eigenvalue weighted by Gasteiger charge is 2.65. The lowest BCUT2D eigenvalue weighted by Crippen LogP contribution is -2.62. The third kappa shape index (κ3) is 4.02. The van der Waals surface area contributed by atoms with E-state index in [4.69, 9.17) is 4.84 Å². The molecule has 4 saturated carbocycles. The van der Waals surface area contributed by atoms with Crippen molar-refractivity contribution < 1.29 is 34.5 Å². The third-order valence-electron chi connectivity index (χ3n) is 11.5. The van der Waals surface area contributed by atoms with E-state index in [1.165, 1.54) is 0 Å². The number of aliphatic hydroxyl groups is 3. The Morgan fingerprint density at radius 2 is 1.72 bits per heavy atom. The van der Waals surface area contributed by atoms with Crippen LogP contribution >= 0.6 is 0 Å². The molecule has 0 aromatic rings. The molecule has 0 bridgehead atoms. The molecule has 5 fully saturated rings. The number of fused-ring (bicyclic) bond motifs is 5. The van der Waals surface area contributed by atoms with Gasteiger partial charge in [0.2, 0.25) is 0 Å². The normalized spacial score (nSPS) is 47.2. The van der Waals surface area contributed by atoms with Crippen LogP contribution < -0.4 is 0 Å². The number of carbonyl (C=O) groups is 3. The number of amides is 2. The topological polar surface area (TPSA) is 124 Å². The number of aliphatic hydroxyl groups excluding tert-OH is 3. The molecule has 11 atom stereocenters. The van der Waals surface area contributed by atoms with Crippen molar-refractivity contribution in [2.45, 2.75) is 110 Å². The summed E-state index contributed by atoms with van der Waals surface area (Å²) in [7, 11) is 0. The molecule has 8 nitrogen and oxygen atoms in total. The maximum absolute atomic E-state index is 12.4. The molecular weight excluding hydrogens is 462 g/mol. The molecule has 36 heavy (non-hydrogen) atoms. The quantitative estimate of drug-likeness (QED) is 0.491. The molecule has 0 radical (unpaired) electrons. The van der Waals surface area contributed by atoms with Gasteiger partial charge in [-0.3, -0.25) is 9.59 Å². The molecule has 1 heterocycles. The first-order valence-electron chi connectivity index (χ1n) is 14.1. The number of carbonyl (C=O) groups excluding carboxylic acids is 3. The van der Waals surface area contributed by atoms with Crippen LogP contribution in [-0.2, 0) is 19.2 Å². The van der Waals surface area contributed by atoms with Crippen LogP contribution in [0.15, 0.2) is 0 Å². The summed E-state index contributed by atoms with van der Waals surface area (Å²) in [5.74, 6) is -0.213. The smallest absolute Gasteiger partial charge is 0.333 e. The SMILES string of the molecule is C[C@H](CCC(=O)ON1C(=O)CCC1=O)C1CC[C@H]2C3C(C[C@@H](O)C12C)C1(C)CC[C@@H](O)C[C@@H]1C[C@@H]3O. The van der Waals surface area contributed by atoms with E-state index in [0.717, 1.165) is 38.5 Å². The van der Waals surface area contributed by atoms with Gasteiger partial charge in [0.25, 0.3) is 11.8 Å². The van der Waals surface area contributed by atoms with E-state index in [0.29, 0.717) is 23.8 Å². The average molecular weight is 506 g/mol. The van der Waals surface area contributed by atoms with Crippen molar-refractivity contribution in [3.63, 3.8) is 0 Å². The van der Waals surface area contributed by atoms with Gasteiger partial charge in [0, 0.05) is 19.3 Å². The van der Waals surface area contributed by atoms with E-state index in [1.54, 1.807) is 0 Å². The van der Waals surface area contributed by atoms with Crippen molar-refractivity contribution in [1.82, 2.24) is 5.06 Å². The highest BCUT2D eigenvalue weighted by Crippen LogP contribution is 2.68. The van der Waals surface area contributed by atoms with Gasteiger partial charge in [-0.2, -0.15) is 0 Å². The number of imide groups is 1. The molecule has 3 N–H and O–H groups in total. The van der Waals surface area contributed by atoms with Gasteiger partial charge in [0.1, 0.15) is 0 Å². The van der Waals surface area contributed by atoms with E-state index in [1.807, 2.05) is 0 Å². The molecule has 0 aromatic carbocycles. The summed E-state index contributed by atoms with van der Waals surface area (Å²) in [5.41, 5.74) is -0.285. The Bertz CT molecular complexity index is 892. The van der Waals surface area contributed by atoms with Gasteiger partial charge in [-0.1, -0.05) is 20.8 Å². The first kappa shape index (κ1) is 26.1. The highest BCUT2D eigenvalue weighted by molar-refractivity contribution is 6.01. The zero-order valence-electron chi connectivity index (χ0n) is 21.9. The molecule has 0 aromatic heterocycles. The van der Waals surface area contributed by atoms with Crippen molar-refractivity contribution in [3.8, 4) is 0 Å². The molecule has 5 rings (SSSR count). The minimum Gasteiger partial charge on any atom is -0.393 e. The Kier molecular flexibility index (Phi) is 6.78. The van der Waals surface area contributed by atoms with E-state index >= 15 is 0 Å². The fourth-order valence-electron chi connectivity index (χ4n) is 9.48. The monoisotopic (exact) mass is 505 g/mol. The van der Waals surface area contributed by atoms with Crippen LogP contribution in [-0.4, -0.2) is 56.5 Å². The second-order valence-corrected chi connectivity index (χ2v) is 13.1. The molecule has 5 aliphatic rings. The van der Waals surface area contributed by atoms with E-state index in [-0.39, 0.29) is 65.8 Å². The number of hydrogen-bond acceptors (Lipinski definition) is 7. The lowest BCUT2D eigenvalue weighted by molar-refractivity contribution is -0.207. The maximum Gasteiger partial charge on any atom is 0.333 e. The Hall–Kier alpha value is -1.51. The summed E-state index contributed by atoms with van der Waals surface area (Å²) in [6.45, 7) is 6.64. The van der Waals surface area contributed by atoms with Crippen LogP contribution in [0.5, 0.6) is 0 Å². The standard InChI is InChI=1S/C28H43NO7/c1-15(4-9-25(35)36-29-23(33)7-8-24(29)34)18-5-6-19-26-20(14-22(32)28(18,19)3)27(2)11-10-17(30)12-16(27)13-21(26)31/h15-22,26,30-32H,4-14H2,1-3H3/t15-,16-,17-,18?,19+,20?,21+,22-,26?,27?,28?/m1/s1. The van der Waals surface area contributed by atoms with Crippen LogP contribution in [0.25, 0.3) is 0 Å². The van der Waals surface area contributed by atoms with Crippen LogP contribution in [0, 0.1) is 46.3 Å². The summed E-state index contributed by atoms with van der Waals surface area (Å²) in [6, 6.07) is 0. The average Bonchev–Trinajstić information content (AvgIpc) is 3.34. The summed E-state index contributed by atoms with van der Waals surface area (Å²) in [4.78, 5) is 40.9. The summed E-state index contributed by atoms with van der Waals surface area (Å²) in [6.07, 6.45) is 5.50. The fourth-order valence-corrected chi connectivity index (χ4v) is 9.48. The zero-order valence-corrected chi connectivity index (χ0v) is 21.9. The van der Waals surface area contributed by atoms with Crippen molar-refractivity contribution in [1.29, 1.82) is 0 Å². The van der Waals surface area contributed by atoms with Gasteiger partial charge in [0.05, 0.1) is 18.3 Å².